The van der Waals surface area contributed by atoms with E-state index in [-0.39, 0.29) is 5.91 Å². The molecule has 0 heterocycles. The van der Waals surface area contributed by atoms with Crippen molar-refractivity contribution < 1.29 is 4.79 Å². The summed E-state index contributed by atoms with van der Waals surface area (Å²) < 4.78 is 0. The summed E-state index contributed by atoms with van der Waals surface area (Å²) in [5.41, 5.74) is 1.32. The van der Waals surface area contributed by atoms with Crippen molar-refractivity contribution >= 4 is 5.91 Å². The molecule has 0 aliphatic carbocycles. The van der Waals surface area contributed by atoms with Crippen LogP contribution in [-0.2, 0) is 4.79 Å². The van der Waals surface area contributed by atoms with Gasteiger partial charge in [-0.15, -0.1) is 0 Å². The van der Waals surface area contributed by atoms with Crippen LogP contribution in [0.3, 0.4) is 0 Å². The zero-order valence-electron chi connectivity index (χ0n) is 13.1. The smallest absolute Gasteiger partial charge is 0.223 e. The van der Waals surface area contributed by atoms with Gasteiger partial charge in [-0.25, -0.2) is 0 Å². The maximum absolute atomic E-state index is 11.6. The van der Waals surface area contributed by atoms with Crippen molar-refractivity contribution in [3.63, 3.8) is 0 Å². The molecule has 3 nitrogen and oxygen atoms in total. The zero-order valence-corrected chi connectivity index (χ0v) is 13.1. The van der Waals surface area contributed by atoms with E-state index in [4.69, 9.17) is 0 Å². The van der Waals surface area contributed by atoms with Crippen LogP contribution in [0.4, 0.5) is 0 Å². The van der Waals surface area contributed by atoms with Crippen molar-refractivity contribution in [2.45, 2.75) is 45.1 Å². The number of unbranched alkanes of at least 4 members (excludes halogenated alkanes) is 2. The number of rotatable bonds is 9. The molecule has 0 saturated heterocycles. The monoisotopic (exact) mass is 276 g/mol. The van der Waals surface area contributed by atoms with Gasteiger partial charge in [0.05, 0.1) is 0 Å². The fourth-order valence-corrected chi connectivity index (χ4v) is 2.25. The van der Waals surface area contributed by atoms with Gasteiger partial charge in [-0.2, -0.15) is 0 Å². The molecule has 1 aromatic rings. The van der Waals surface area contributed by atoms with Gasteiger partial charge in [0.2, 0.25) is 5.91 Å². The molecule has 0 spiro atoms. The molecular weight excluding hydrogens is 248 g/mol. The van der Waals surface area contributed by atoms with E-state index in [2.05, 4.69) is 36.5 Å². The molecule has 1 atom stereocenters. The van der Waals surface area contributed by atoms with Crippen molar-refractivity contribution in [3.8, 4) is 0 Å². The predicted octanol–water partition coefficient (Wildman–Crippen LogP) is 3.38. The van der Waals surface area contributed by atoms with E-state index >= 15 is 0 Å². The van der Waals surface area contributed by atoms with Crippen LogP contribution in [0.15, 0.2) is 30.3 Å². The minimum atomic E-state index is 0.179. The Kier molecular flexibility index (Phi) is 7.97. The second-order valence-electron chi connectivity index (χ2n) is 5.45. The Labute approximate surface area is 123 Å². The molecular formula is C17H28N2O. The van der Waals surface area contributed by atoms with Crippen LogP contribution in [0.2, 0.25) is 0 Å². The number of nitrogens with zero attached hydrogens (tertiary/aromatic N) is 1. The van der Waals surface area contributed by atoms with Crippen molar-refractivity contribution in [2.75, 3.05) is 20.6 Å². The van der Waals surface area contributed by atoms with Crippen molar-refractivity contribution in [1.29, 1.82) is 0 Å². The summed E-state index contributed by atoms with van der Waals surface area (Å²) in [6, 6.07) is 10.9. The average Bonchev–Trinajstić information content (AvgIpc) is 2.46. The lowest BCUT2D eigenvalue weighted by Gasteiger charge is -2.20. The predicted molar refractivity (Wildman–Crippen MR) is 84.6 cm³/mol. The highest BCUT2D eigenvalue weighted by molar-refractivity contribution is 5.75. The highest BCUT2D eigenvalue weighted by atomic mass is 16.2. The number of carbonyl (C=O) groups excluding carboxylic acids is 1. The van der Waals surface area contributed by atoms with Gasteiger partial charge in [-0.1, -0.05) is 56.5 Å². The molecule has 20 heavy (non-hydrogen) atoms. The van der Waals surface area contributed by atoms with Crippen LogP contribution >= 0.6 is 0 Å². The first kappa shape index (κ1) is 16.7. The lowest BCUT2D eigenvalue weighted by atomic mass is 10.0. The van der Waals surface area contributed by atoms with E-state index in [1.165, 1.54) is 24.8 Å². The number of benzene rings is 1. The quantitative estimate of drug-likeness (QED) is 0.701. The Balaban J connectivity index is 2.48. The van der Waals surface area contributed by atoms with Gasteiger partial charge in [-0.05, 0) is 12.0 Å². The third-order valence-electron chi connectivity index (χ3n) is 3.53. The van der Waals surface area contributed by atoms with Gasteiger partial charge in [0.25, 0.3) is 0 Å². The van der Waals surface area contributed by atoms with Gasteiger partial charge in [0.1, 0.15) is 0 Å². The number of amides is 1. The summed E-state index contributed by atoms with van der Waals surface area (Å²) in [7, 11) is 3.61. The van der Waals surface area contributed by atoms with Crippen LogP contribution < -0.4 is 5.32 Å². The van der Waals surface area contributed by atoms with Crippen LogP contribution in [0.1, 0.15) is 50.6 Å². The molecule has 1 amide bonds. The minimum Gasteiger partial charge on any atom is -0.349 e. The van der Waals surface area contributed by atoms with E-state index in [1.54, 1.807) is 19.0 Å². The van der Waals surface area contributed by atoms with Gasteiger partial charge >= 0.3 is 0 Å². The Morgan fingerprint density at radius 3 is 2.50 bits per heavy atom. The van der Waals surface area contributed by atoms with E-state index in [1.807, 2.05) is 6.07 Å². The van der Waals surface area contributed by atoms with E-state index < -0.39 is 0 Å². The minimum absolute atomic E-state index is 0.179. The topological polar surface area (TPSA) is 32.3 Å². The van der Waals surface area contributed by atoms with Crippen molar-refractivity contribution in [3.05, 3.63) is 35.9 Å². The van der Waals surface area contributed by atoms with E-state index in [0.717, 1.165) is 13.0 Å². The lowest BCUT2D eigenvalue weighted by Crippen LogP contribution is -2.29. The summed E-state index contributed by atoms with van der Waals surface area (Å²) in [5.74, 6) is 0.179. The number of nitrogens with one attached hydrogen (secondary N) is 1. The van der Waals surface area contributed by atoms with Gasteiger partial charge < -0.3 is 10.2 Å². The standard InChI is InChI=1S/C17H28N2O/c1-4-5-7-12-16(15-10-8-6-9-11-15)18-14-13-17(20)19(2)3/h6,8-11,16,18H,4-5,7,12-14H2,1-3H3. The molecule has 0 aromatic heterocycles. The van der Waals surface area contributed by atoms with Crippen LogP contribution in [0.5, 0.6) is 0 Å². The molecule has 112 valence electrons. The molecule has 0 fully saturated rings. The van der Waals surface area contributed by atoms with E-state index in [0.29, 0.717) is 12.5 Å². The van der Waals surface area contributed by atoms with Crippen molar-refractivity contribution in [1.82, 2.24) is 10.2 Å². The third-order valence-corrected chi connectivity index (χ3v) is 3.53. The first-order valence-electron chi connectivity index (χ1n) is 7.63. The molecule has 1 aromatic carbocycles. The maximum atomic E-state index is 11.6. The second-order valence-corrected chi connectivity index (χ2v) is 5.45. The SMILES string of the molecule is CCCCCC(NCCC(=O)N(C)C)c1ccccc1. The summed E-state index contributed by atoms with van der Waals surface area (Å²) in [6.45, 7) is 2.96. The van der Waals surface area contributed by atoms with Gasteiger partial charge in [0, 0.05) is 33.1 Å². The Hall–Kier alpha value is -1.35. The van der Waals surface area contributed by atoms with Crippen LogP contribution in [0.25, 0.3) is 0 Å². The van der Waals surface area contributed by atoms with Crippen LogP contribution in [-0.4, -0.2) is 31.4 Å². The number of carbonyl (C=O) groups is 1. The zero-order chi connectivity index (χ0) is 14.8. The molecule has 0 aliphatic heterocycles. The number of hydrogen-bond donors (Lipinski definition) is 1. The fourth-order valence-electron chi connectivity index (χ4n) is 2.25. The maximum Gasteiger partial charge on any atom is 0.223 e. The Morgan fingerprint density at radius 2 is 1.90 bits per heavy atom. The molecule has 1 rings (SSSR count). The Morgan fingerprint density at radius 1 is 1.20 bits per heavy atom. The normalized spacial score (nSPS) is 12.2. The number of hydrogen-bond acceptors (Lipinski definition) is 2. The Bertz CT molecular complexity index is 376. The highest BCUT2D eigenvalue weighted by Crippen LogP contribution is 2.19. The highest BCUT2D eigenvalue weighted by Gasteiger charge is 2.11. The summed E-state index contributed by atoms with van der Waals surface area (Å²) >= 11 is 0. The molecule has 0 bridgehead atoms. The molecule has 1 unspecified atom stereocenters. The first-order chi connectivity index (χ1) is 9.65. The summed E-state index contributed by atoms with van der Waals surface area (Å²) in [5, 5.41) is 3.53. The summed E-state index contributed by atoms with van der Waals surface area (Å²) in [6.07, 6.45) is 5.42. The van der Waals surface area contributed by atoms with Gasteiger partial charge in [-0.3, -0.25) is 4.79 Å². The largest absolute Gasteiger partial charge is 0.349 e. The molecule has 1 N–H and O–H groups in total. The van der Waals surface area contributed by atoms with Crippen LogP contribution in [0, 0.1) is 0 Å². The first-order valence-corrected chi connectivity index (χ1v) is 7.63. The molecule has 0 aliphatic rings. The molecule has 3 heteroatoms. The lowest BCUT2D eigenvalue weighted by molar-refractivity contribution is -0.128. The second kappa shape index (κ2) is 9.54. The van der Waals surface area contributed by atoms with Crippen molar-refractivity contribution in [2.24, 2.45) is 0 Å². The van der Waals surface area contributed by atoms with E-state index in [9.17, 15) is 4.79 Å². The fraction of sp³-hybridized carbons (Fsp3) is 0.588. The van der Waals surface area contributed by atoms with Gasteiger partial charge in [0.15, 0.2) is 0 Å². The third kappa shape index (κ3) is 6.20. The molecule has 0 radical (unpaired) electrons. The average molecular weight is 276 g/mol. The summed E-state index contributed by atoms with van der Waals surface area (Å²) in [4.78, 5) is 13.3. The molecule has 0 saturated carbocycles.